The average Bonchev–Trinajstić information content (AvgIpc) is 2.79. The summed E-state index contributed by atoms with van der Waals surface area (Å²) in [6, 6.07) is 14.6. The number of ether oxygens (including phenoxy) is 2. The highest BCUT2D eigenvalue weighted by Crippen LogP contribution is 2.30. The van der Waals surface area contributed by atoms with Crippen LogP contribution in [0.2, 0.25) is 0 Å². The third kappa shape index (κ3) is 6.53. The SMILES string of the molecule is Nc1cc(N)cc(C/C=C(/C(=O)O)c2ccccc2OC(=O)c2ccc(OC(F)(F)C(F)F)cc2)c1. The molecule has 0 atom stereocenters. The van der Waals surface area contributed by atoms with Crippen molar-refractivity contribution in [1.29, 1.82) is 0 Å². The van der Waals surface area contributed by atoms with Crippen LogP contribution in [-0.2, 0) is 11.2 Å². The fourth-order valence-corrected chi connectivity index (χ4v) is 3.19. The van der Waals surface area contributed by atoms with E-state index in [2.05, 4.69) is 4.74 Å². The highest BCUT2D eigenvalue weighted by Gasteiger charge is 2.43. The lowest BCUT2D eigenvalue weighted by Crippen LogP contribution is -2.33. The van der Waals surface area contributed by atoms with Crippen molar-refractivity contribution in [3.8, 4) is 11.5 Å². The van der Waals surface area contributed by atoms with Crippen LogP contribution in [0.4, 0.5) is 28.9 Å². The number of hydrogen-bond donors (Lipinski definition) is 3. The van der Waals surface area contributed by atoms with Gasteiger partial charge in [0.15, 0.2) is 0 Å². The molecule has 0 unspecified atom stereocenters. The Kier molecular flexibility index (Phi) is 7.83. The van der Waals surface area contributed by atoms with Gasteiger partial charge in [-0.25, -0.2) is 9.59 Å². The number of nitrogens with two attached hydrogens (primary N) is 2. The number of carboxylic acids is 1. The molecule has 0 bridgehead atoms. The number of nitrogen functional groups attached to an aromatic ring is 2. The van der Waals surface area contributed by atoms with E-state index in [0.29, 0.717) is 16.9 Å². The third-order valence-electron chi connectivity index (χ3n) is 4.79. The molecule has 11 heteroatoms. The molecule has 0 heterocycles. The average molecular weight is 504 g/mol. The molecule has 0 aromatic heterocycles. The lowest BCUT2D eigenvalue weighted by atomic mass is 10.0. The van der Waals surface area contributed by atoms with Gasteiger partial charge in [-0.05, 0) is 60.5 Å². The molecular weight excluding hydrogens is 484 g/mol. The molecule has 0 aliphatic heterocycles. The molecule has 0 saturated heterocycles. The Balaban J connectivity index is 1.82. The van der Waals surface area contributed by atoms with Crippen molar-refractivity contribution in [1.82, 2.24) is 0 Å². The van der Waals surface area contributed by atoms with Gasteiger partial charge in [-0.15, -0.1) is 0 Å². The molecule has 188 valence electrons. The van der Waals surface area contributed by atoms with Crippen LogP contribution in [-0.4, -0.2) is 29.6 Å². The number of alkyl halides is 4. The number of allylic oxidation sites excluding steroid dienone is 1. The maximum atomic E-state index is 13.0. The van der Waals surface area contributed by atoms with Gasteiger partial charge in [0.1, 0.15) is 11.5 Å². The van der Waals surface area contributed by atoms with Gasteiger partial charge in [0.05, 0.1) is 11.1 Å². The van der Waals surface area contributed by atoms with Crippen LogP contribution in [0.5, 0.6) is 11.5 Å². The van der Waals surface area contributed by atoms with Gasteiger partial charge in [-0.2, -0.15) is 17.6 Å². The second kappa shape index (κ2) is 10.8. The largest absolute Gasteiger partial charge is 0.478 e. The summed E-state index contributed by atoms with van der Waals surface area (Å²) in [5.74, 6) is -2.89. The van der Waals surface area contributed by atoms with Gasteiger partial charge in [-0.1, -0.05) is 24.3 Å². The van der Waals surface area contributed by atoms with E-state index in [9.17, 15) is 32.3 Å². The molecule has 0 spiro atoms. The summed E-state index contributed by atoms with van der Waals surface area (Å²) in [7, 11) is 0. The van der Waals surface area contributed by atoms with Crippen LogP contribution in [0.25, 0.3) is 5.57 Å². The summed E-state index contributed by atoms with van der Waals surface area (Å²) in [6.07, 6.45) is -7.15. The molecule has 0 saturated carbocycles. The quantitative estimate of drug-likeness (QED) is 0.123. The number of esters is 1. The molecule has 3 aromatic carbocycles. The van der Waals surface area contributed by atoms with E-state index >= 15 is 0 Å². The lowest BCUT2D eigenvalue weighted by molar-refractivity contribution is -0.253. The van der Waals surface area contributed by atoms with E-state index in [1.54, 1.807) is 24.3 Å². The molecule has 7 nitrogen and oxygen atoms in total. The van der Waals surface area contributed by atoms with Gasteiger partial charge >= 0.3 is 24.5 Å². The Labute approximate surface area is 202 Å². The second-order valence-electron chi connectivity index (χ2n) is 7.51. The van der Waals surface area contributed by atoms with E-state index in [1.165, 1.54) is 24.3 Å². The van der Waals surface area contributed by atoms with E-state index in [1.807, 2.05) is 0 Å². The maximum Gasteiger partial charge on any atom is 0.461 e. The normalized spacial score (nSPS) is 11.9. The summed E-state index contributed by atoms with van der Waals surface area (Å²) < 4.78 is 60.0. The van der Waals surface area contributed by atoms with Gasteiger partial charge < -0.3 is 26.0 Å². The van der Waals surface area contributed by atoms with Crippen LogP contribution in [0.15, 0.2) is 72.8 Å². The first-order chi connectivity index (χ1) is 17.0. The number of aliphatic carboxylic acids is 1. The zero-order valence-electron chi connectivity index (χ0n) is 18.5. The molecule has 0 aliphatic rings. The zero-order chi connectivity index (χ0) is 26.5. The van der Waals surface area contributed by atoms with Crippen molar-refractivity contribution in [3.05, 3.63) is 89.5 Å². The predicted octanol–water partition coefficient (Wildman–Crippen LogP) is 5.02. The van der Waals surface area contributed by atoms with E-state index in [-0.39, 0.29) is 28.9 Å². The minimum absolute atomic E-state index is 0.0761. The van der Waals surface area contributed by atoms with E-state index < -0.39 is 30.2 Å². The Bertz CT molecular complexity index is 1270. The van der Waals surface area contributed by atoms with E-state index in [4.69, 9.17) is 16.2 Å². The third-order valence-corrected chi connectivity index (χ3v) is 4.79. The smallest absolute Gasteiger partial charge is 0.461 e. The Morgan fingerprint density at radius 1 is 0.972 bits per heavy atom. The number of carbonyl (C=O) groups excluding carboxylic acids is 1. The highest BCUT2D eigenvalue weighted by molar-refractivity contribution is 6.16. The minimum Gasteiger partial charge on any atom is -0.478 e. The Morgan fingerprint density at radius 2 is 1.58 bits per heavy atom. The summed E-state index contributed by atoms with van der Waals surface area (Å²) in [5, 5.41) is 9.77. The molecule has 0 fully saturated rings. The molecule has 0 amide bonds. The van der Waals surface area contributed by atoms with Gasteiger partial charge in [0.2, 0.25) is 0 Å². The molecular formula is C25H20F4N2O5. The molecule has 3 aromatic rings. The van der Waals surface area contributed by atoms with Crippen molar-refractivity contribution in [3.63, 3.8) is 0 Å². The van der Waals surface area contributed by atoms with Gasteiger partial charge in [0, 0.05) is 16.9 Å². The molecule has 0 radical (unpaired) electrons. The lowest BCUT2D eigenvalue weighted by Gasteiger charge is -2.16. The minimum atomic E-state index is -4.70. The van der Waals surface area contributed by atoms with Crippen LogP contribution in [0, 0.1) is 0 Å². The van der Waals surface area contributed by atoms with Crippen molar-refractivity contribution in [2.24, 2.45) is 0 Å². The summed E-state index contributed by atoms with van der Waals surface area (Å²) >= 11 is 0. The van der Waals surface area contributed by atoms with Gasteiger partial charge in [-0.3, -0.25) is 0 Å². The number of para-hydroxylation sites is 1. The van der Waals surface area contributed by atoms with Crippen molar-refractivity contribution < 1.29 is 41.7 Å². The Morgan fingerprint density at radius 3 is 2.17 bits per heavy atom. The van der Waals surface area contributed by atoms with Crippen LogP contribution >= 0.6 is 0 Å². The first kappa shape index (κ1) is 26.1. The molecule has 3 rings (SSSR count). The number of benzene rings is 3. The predicted molar refractivity (Wildman–Crippen MR) is 124 cm³/mol. The first-order valence-corrected chi connectivity index (χ1v) is 10.3. The molecule has 0 aliphatic carbocycles. The maximum absolute atomic E-state index is 13.0. The fraction of sp³-hybridized carbons (Fsp3) is 0.120. The number of hydrogen-bond acceptors (Lipinski definition) is 6. The monoisotopic (exact) mass is 504 g/mol. The zero-order valence-corrected chi connectivity index (χ0v) is 18.5. The standard InChI is InChI=1S/C25H20F4N2O5/c26-24(27)25(28,29)36-18-8-6-15(7-9-18)23(34)35-21-4-2-1-3-19(21)20(22(32)33)10-5-14-11-16(30)13-17(31)12-14/h1-4,6-13,24H,5,30-31H2,(H,32,33)/b20-10+. The number of carbonyl (C=O) groups is 2. The summed E-state index contributed by atoms with van der Waals surface area (Å²) in [5.41, 5.74) is 12.9. The van der Waals surface area contributed by atoms with Crippen LogP contribution in [0.1, 0.15) is 21.5 Å². The van der Waals surface area contributed by atoms with Crippen molar-refractivity contribution >= 4 is 28.9 Å². The number of halogens is 4. The van der Waals surface area contributed by atoms with Crippen LogP contribution in [0.3, 0.4) is 0 Å². The van der Waals surface area contributed by atoms with Crippen LogP contribution < -0.4 is 20.9 Å². The highest BCUT2D eigenvalue weighted by atomic mass is 19.3. The molecule has 5 N–H and O–H groups in total. The van der Waals surface area contributed by atoms with Crippen molar-refractivity contribution in [2.75, 3.05) is 11.5 Å². The summed E-state index contributed by atoms with van der Waals surface area (Å²) in [6.45, 7) is 0. The van der Waals surface area contributed by atoms with Crippen molar-refractivity contribution in [2.45, 2.75) is 19.0 Å². The first-order valence-electron chi connectivity index (χ1n) is 10.3. The topological polar surface area (TPSA) is 125 Å². The molecule has 36 heavy (non-hydrogen) atoms. The summed E-state index contributed by atoms with van der Waals surface area (Å²) in [4.78, 5) is 24.6. The number of rotatable bonds is 9. The van der Waals surface area contributed by atoms with E-state index in [0.717, 1.165) is 24.3 Å². The number of carboxylic acid groups (broad SMARTS) is 1. The second-order valence-corrected chi connectivity index (χ2v) is 7.51. The van der Waals surface area contributed by atoms with Gasteiger partial charge in [0.25, 0.3) is 0 Å². The Hall–Kier alpha value is -4.54. The number of anilines is 2. The fourth-order valence-electron chi connectivity index (χ4n) is 3.19.